The van der Waals surface area contributed by atoms with E-state index in [9.17, 15) is 14.3 Å². The highest BCUT2D eigenvalue weighted by Crippen LogP contribution is 2.58. The van der Waals surface area contributed by atoms with Crippen LogP contribution in [0, 0.1) is 5.82 Å². The highest BCUT2D eigenvalue weighted by Gasteiger charge is 2.46. The average molecular weight is 467 g/mol. The molecular weight excluding hydrogens is 449 g/mol. The average Bonchev–Trinajstić information content (AvgIpc) is 2.80. The number of aliphatic imine (C=N–C) groups is 1. The van der Waals surface area contributed by atoms with Crippen molar-refractivity contribution in [2.75, 3.05) is 19.0 Å². The molecule has 4 N–H and O–H groups in total. The maximum absolute atomic E-state index is 14.7. The molecule has 0 fully saturated rings. The number of fused-ring (bicyclic) bond motifs is 4. The van der Waals surface area contributed by atoms with E-state index < -0.39 is 16.5 Å². The van der Waals surface area contributed by atoms with E-state index >= 15 is 0 Å². The number of hydrogen-bond acceptors (Lipinski definition) is 9. The fourth-order valence-electron chi connectivity index (χ4n) is 3.95. The molecule has 0 unspecified atom stereocenters. The molecule has 2 aromatic carbocycles. The minimum absolute atomic E-state index is 0.0350. The number of benzene rings is 2. The van der Waals surface area contributed by atoms with Crippen molar-refractivity contribution in [1.29, 1.82) is 0 Å². The van der Waals surface area contributed by atoms with Gasteiger partial charge in [-0.25, -0.2) is 14.4 Å². The van der Waals surface area contributed by atoms with Crippen molar-refractivity contribution in [1.82, 2.24) is 9.97 Å². The minimum atomic E-state index is -0.852. The Morgan fingerprint density at radius 1 is 1.27 bits per heavy atom. The van der Waals surface area contributed by atoms with Crippen LogP contribution >= 0.6 is 11.8 Å². The zero-order chi connectivity index (χ0) is 23.2. The van der Waals surface area contributed by atoms with Crippen LogP contribution in [-0.4, -0.2) is 39.8 Å². The third kappa shape index (κ3) is 3.59. The molecule has 3 heterocycles. The molecule has 33 heavy (non-hydrogen) atoms. The van der Waals surface area contributed by atoms with Crippen LogP contribution in [0.2, 0.25) is 0 Å². The summed E-state index contributed by atoms with van der Waals surface area (Å²) in [5.74, 6) is -0.599. The Kier molecular flexibility index (Phi) is 5.05. The summed E-state index contributed by atoms with van der Waals surface area (Å²) in [7, 11) is 1.46. The van der Waals surface area contributed by atoms with E-state index in [1.54, 1.807) is 18.2 Å². The predicted molar refractivity (Wildman–Crippen MR) is 121 cm³/mol. The van der Waals surface area contributed by atoms with Crippen molar-refractivity contribution in [3.8, 4) is 23.1 Å². The Bertz CT molecular complexity index is 1300. The monoisotopic (exact) mass is 467 g/mol. The van der Waals surface area contributed by atoms with E-state index in [0.29, 0.717) is 46.6 Å². The van der Waals surface area contributed by atoms with Crippen molar-refractivity contribution in [2.45, 2.75) is 11.2 Å². The SMILES string of the molecule is COc1cnc(C(=O)Nc2ccc3c(c2)[C@@]2(CCN=C(N)S2)c2cc(O)cc(F)c2O3)cn1. The number of hydrogen-bond donors (Lipinski definition) is 3. The van der Waals surface area contributed by atoms with Crippen LogP contribution in [0.15, 0.2) is 47.7 Å². The molecule has 5 rings (SSSR count). The molecule has 1 atom stereocenters. The number of anilines is 1. The molecule has 0 saturated carbocycles. The zero-order valence-electron chi connectivity index (χ0n) is 17.3. The fourth-order valence-corrected chi connectivity index (χ4v) is 5.19. The number of thioether (sulfide) groups is 1. The van der Waals surface area contributed by atoms with E-state index in [4.69, 9.17) is 15.2 Å². The second-order valence-corrected chi connectivity index (χ2v) is 8.73. The van der Waals surface area contributed by atoms with Crippen LogP contribution in [0.3, 0.4) is 0 Å². The van der Waals surface area contributed by atoms with Gasteiger partial charge in [0, 0.05) is 29.4 Å². The van der Waals surface area contributed by atoms with Crippen LogP contribution < -0.4 is 20.5 Å². The molecule has 0 radical (unpaired) electrons. The number of methoxy groups -OCH3 is 1. The Labute approximate surface area is 191 Å². The van der Waals surface area contributed by atoms with Gasteiger partial charge in [-0.2, -0.15) is 0 Å². The second-order valence-electron chi connectivity index (χ2n) is 7.41. The van der Waals surface area contributed by atoms with Crippen molar-refractivity contribution in [2.24, 2.45) is 10.7 Å². The molecule has 0 bridgehead atoms. The molecule has 1 amide bonds. The summed E-state index contributed by atoms with van der Waals surface area (Å²) < 4.78 is 24.7. The van der Waals surface area contributed by atoms with Crippen LogP contribution in [0.1, 0.15) is 28.0 Å². The topological polar surface area (TPSA) is 132 Å². The number of carbonyl (C=O) groups is 1. The van der Waals surface area contributed by atoms with Gasteiger partial charge in [-0.15, -0.1) is 0 Å². The van der Waals surface area contributed by atoms with Crippen molar-refractivity contribution < 1.29 is 23.8 Å². The van der Waals surface area contributed by atoms with Gasteiger partial charge in [0.15, 0.2) is 16.7 Å². The Balaban J connectivity index is 1.56. The smallest absolute Gasteiger partial charge is 0.275 e. The molecule has 1 spiro atoms. The number of ether oxygens (including phenoxy) is 2. The van der Waals surface area contributed by atoms with Gasteiger partial charge in [-0.3, -0.25) is 9.79 Å². The number of aromatic nitrogens is 2. The van der Waals surface area contributed by atoms with E-state index in [-0.39, 0.29) is 17.2 Å². The maximum atomic E-state index is 14.7. The van der Waals surface area contributed by atoms with E-state index in [0.717, 1.165) is 6.07 Å². The number of amidine groups is 1. The number of halogens is 1. The molecule has 9 nitrogen and oxygen atoms in total. The number of phenolic OH excluding ortho intramolecular Hbond substituents is 1. The quantitative estimate of drug-likeness (QED) is 0.534. The van der Waals surface area contributed by atoms with Gasteiger partial charge in [0.1, 0.15) is 17.2 Å². The van der Waals surface area contributed by atoms with Gasteiger partial charge in [0.2, 0.25) is 5.88 Å². The summed E-state index contributed by atoms with van der Waals surface area (Å²) in [5, 5.41) is 13.2. The first-order valence-electron chi connectivity index (χ1n) is 9.91. The van der Waals surface area contributed by atoms with Gasteiger partial charge < -0.3 is 25.6 Å². The molecule has 3 aromatic rings. The van der Waals surface area contributed by atoms with Crippen LogP contribution in [-0.2, 0) is 4.75 Å². The Morgan fingerprint density at radius 2 is 2.12 bits per heavy atom. The lowest BCUT2D eigenvalue weighted by Crippen LogP contribution is -2.35. The predicted octanol–water partition coefficient (Wildman–Crippen LogP) is 3.38. The van der Waals surface area contributed by atoms with Crippen LogP contribution in [0.5, 0.6) is 23.1 Å². The highest BCUT2D eigenvalue weighted by atomic mass is 32.2. The van der Waals surface area contributed by atoms with E-state index in [2.05, 4.69) is 20.3 Å². The molecule has 2 aliphatic heterocycles. The normalized spacial score (nSPS) is 18.5. The molecule has 2 aliphatic rings. The standard InChI is InChI=1S/C22H18FN5O4S/c1-31-18-10-26-16(9-27-18)20(30)28-11-2-3-17-13(6-11)22(4-5-25-21(24)33-22)14-7-12(29)8-15(23)19(14)32-17/h2-3,6-10,29H,4-5H2,1H3,(H2,24,25)(H,28,30)/t22-/m0/s1. The number of carbonyl (C=O) groups excluding carboxylic acids is 1. The number of aromatic hydroxyl groups is 1. The Morgan fingerprint density at radius 3 is 2.85 bits per heavy atom. The van der Waals surface area contributed by atoms with Crippen LogP contribution in [0.4, 0.5) is 10.1 Å². The highest BCUT2D eigenvalue weighted by molar-refractivity contribution is 8.14. The first-order chi connectivity index (χ1) is 15.9. The number of amides is 1. The second kappa shape index (κ2) is 7.93. The third-order valence-corrected chi connectivity index (χ3v) is 6.76. The van der Waals surface area contributed by atoms with Crippen LogP contribution in [0.25, 0.3) is 0 Å². The largest absolute Gasteiger partial charge is 0.508 e. The van der Waals surface area contributed by atoms with Gasteiger partial charge >= 0.3 is 0 Å². The number of rotatable bonds is 3. The maximum Gasteiger partial charge on any atom is 0.275 e. The lowest BCUT2D eigenvalue weighted by molar-refractivity contribution is 0.102. The fraction of sp³-hybridized carbons (Fsp3) is 0.182. The van der Waals surface area contributed by atoms with E-state index in [1.165, 1.54) is 37.3 Å². The molecule has 168 valence electrons. The number of phenols is 1. The summed E-state index contributed by atoms with van der Waals surface area (Å²) in [6.07, 6.45) is 3.16. The summed E-state index contributed by atoms with van der Waals surface area (Å²) in [6, 6.07) is 7.54. The summed E-state index contributed by atoms with van der Waals surface area (Å²) in [4.78, 5) is 25.0. The van der Waals surface area contributed by atoms with Crippen molar-refractivity contribution >= 4 is 28.5 Å². The molecule has 11 heteroatoms. The lowest BCUT2D eigenvalue weighted by Gasteiger charge is -2.41. The minimum Gasteiger partial charge on any atom is -0.508 e. The first-order valence-corrected chi connectivity index (χ1v) is 10.7. The Hall–Kier alpha value is -3.86. The van der Waals surface area contributed by atoms with Crippen molar-refractivity contribution in [3.05, 3.63) is 65.4 Å². The van der Waals surface area contributed by atoms with E-state index in [1.807, 2.05) is 0 Å². The first kappa shape index (κ1) is 21.0. The number of nitrogens with zero attached hydrogens (tertiary/aromatic N) is 3. The molecule has 0 saturated heterocycles. The third-order valence-electron chi connectivity index (χ3n) is 5.43. The summed E-state index contributed by atoms with van der Waals surface area (Å²) in [5.41, 5.74) is 7.80. The van der Waals surface area contributed by atoms with Crippen molar-refractivity contribution in [3.63, 3.8) is 0 Å². The number of nitrogens with two attached hydrogens (primary N) is 1. The molecule has 1 aromatic heterocycles. The molecule has 0 aliphatic carbocycles. The number of nitrogens with one attached hydrogen (secondary N) is 1. The van der Waals surface area contributed by atoms with Gasteiger partial charge in [-0.05, 0) is 30.7 Å². The summed E-state index contributed by atoms with van der Waals surface area (Å²) in [6.45, 7) is 0.410. The molecular formula is C22H18FN5O4S. The van der Waals surface area contributed by atoms with Gasteiger partial charge in [0.05, 0.1) is 24.3 Å². The van der Waals surface area contributed by atoms with Gasteiger partial charge in [0.25, 0.3) is 5.91 Å². The van der Waals surface area contributed by atoms with Gasteiger partial charge in [-0.1, -0.05) is 11.8 Å². The lowest BCUT2D eigenvalue weighted by atomic mass is 9.83. The zero-order valence-corrected chi connectivity index (χ0v) is 18.1. The summed E-state index contributed by atoms with van der Waals surface area (Å²) >= 11 is 1.26.